The summed E-state index contributed by atoms with van der Waals surface area (Å²) in [5, 5.41) is 11.7. The molecule has 3 rings (SSSR count). The molecule has 30 heavy (non-hydrogen) atoms. The van der Waals surface area contributed by atoms with Crippen molar-refractivity contribution >= 4 is 17.6 Å². The molecular formula is C23H23N3O4. The van der Waals surface area contributed by atoms with E-state index in [2.05, 4.69) is 30.2 Å². The first-order valence-electron chi connectivity index (χ1n) is 9.66. The Morgan fingerprint density at radius 3 is 2.63 bits per heavy atom. The molecule has 0 fully saturated rings. The molecule has 0 saturated carbocycles. The smallest absolute Gasteiger partial charge is 0.323 e. The van der Waals surface area contributed by atoms with E-state index in [0.29, 0.717) is 11.3 Å². The standard InChI is InChI=1S/C23H23N3O4/c1-3-15(2)17-9-18(16-5-4-8-24-12-16)11-19(10-17)23(30)25-20-6-7-21(27)26(13-20)14-22(28)29/h4-13,15H,3,14H2,1-2H3,(H,25,30)(H,28,29). The van der Waals surface area contributed by atoms with E-state index in [0.717, 1.165) is 27.7 Å². The lowest BCUT2D eigenvalue weighted by Crippen LogP contribution is -2.24. The maximum Gasteiger partial charge on any atom is 0.323 e. The first-order valence-corrected chi connectivity index (χ1v) is 9.66. The van der Waals surface area contributed by atoms with Gasteiger partial charge in [-0.25, -0.2) is 0 Å². The number of anilines is 1. The van der Waals surface area contributed by atoms with E-state index in [1.165, 1.54) is 18.3 Å². The van der Waals surface area contributed by atoms with Crippen LogP contribution in [0.2, 0.25) is 0 Å². The van der Waals surface area contributed by atoms with Gasteiger partial charge in [-0.2, -0.15) is 0 Å². The van der Waals surface area contributed by atoms with Crippen molar-refractivity contribution in [3.63, 3.8) is 0 Å². The Labute approximate surface area is 174 Å². The molecule has 0 radical (unpaired) electrons. The highest BCUT2D eigenvalue weighted by atomic mass is 16.4. The fraction of sp³-hybridized carbons (Fsp3) is 0.217. The minimum atomic E-state index is -1.14. The zero-order valence-corrected chi connectivity index (χ0v) is 16.8. The largest absolute Gasteiger partial charge is 0.480 e. The van der Waals surface area contributed by atoms with E-state index in [1.807, 2.05) is 18.2 Å². The summed E-state index contributed by atoms with van der Waals surface area (Å²) in [6.07, 6.45) is 5.70. The highest BCUT2D eigenvalue weighted by Crippen LogP contribution is 2.27. The minimum Gasteiger partial charge on any atom is -0.480 e. The molecule has 1 aromatic carbocycles. The number of benzene rings is 1. The molecule has 1 unspecified atom stereocenters. The lowest BCUT2D eigenvalue weighted by Gasteiger charge is -2.15. The van der Waals surface area contributed by atoms with E-state index in [4.69, 9.17) is 5.11 Å². The number of nitrogens with one attached hydrogen (secondary N) is 1. The van der Waals surface area contributed by atoms with E-state index in [9.17, 15) is 14.4 Å². The zero-order valence-electron chi connectivity index (χ0n) is 16.8. The number of aliphatic carboxylic acids is 1. The molecule has 154 valence electrons. The summed E-state index contributed by atoms with van der Waals surface area (Å²) < 4.78 is 1.04. The summed E-state index contributed by atoms with van der Waals surface area (Å²) in [7, 11) is 0. The molecule has 3 aromatic rings. The number of pyridine rings is 2. The molecule has 0 spiro atoms. The molecule has 0 aliphatic carbocycles. The zero-order chi connectivity index (χ0) is 21.7. The molecule has 0 saturated heterocycles. The van der Waals surface area contributed by atoms with Gasteiger partial charge in [0.2, 0.25) is 0 Å². The SMILES string of the molecule is CCC(C)c1cc(C(=O)Nc2ccc(=O)n(CC(=O)O)c2)cc(-c2cccnc2)c1. The van der Waals surface area contributed by atoms with Crippen LogP contribution in [0.25, 0.3) is 11.1 Å². The van der Waals surface area contributed by atoms with Crippen LogP contribution in [0.5, 0.6) is 0 Å². The second-order valence-electron chi connectivity index (χ2n) is 7.13. The van der Waals surface area contributed by atoms with Crippen LogP contribution in [0.1, 0.15) is 42.1 Å². The van der Waals surface area contributed by atoms with Crippen molar-refractivity contribution in [3.05, 3.63) is 82.5 Å². The maximum atomic E-state index is 12.9. The van der Waals surface area contributed by atoms with Crippen LogP contribution in [0.4, 0.5) is 5.69 Å². The van der Waals surface area contributed by atoms with Gasteiger partial charge in [-0.1, -0.05) is 26.0 Å². The van der Waals surface area contributed by atoms with Gasteiger partial charge >= 0.3 is 5.97 Å². The van der Waals surface area contributed by atoms with Crippen molar-refractivity contribution in [2.45, 2.75) is 32.7 Å². The Morgan fingerprint density at radius 2 is 1.97 bits per heavy atom. The monoisotopic (exact) mass is 405 g/mol. The average Bonchev–Trinajstić information content (AvgIpc) is 2.75. The van der Waals surface area contributed by atoms with Crippen molar-refractivity contribution in [2.24, 2.45) is 0 Å². The fourth-order valence-corrected chi connectivity index (χ4v) is 3.08. The minimum absolute atomic E-state index is 0.269. The summed E-state index contributed by atoms with van der Waals surface area (Å²) >= 11 is 0. The Balaban J connectivity index is 1.95. The maximum absolute atomic E-state index is 12.9. The Kier molecular flexibility index (Phi) is 6.41. The second kappa shape index (κ2) is 9.17. The molecule has 7 heteroatoms. The number of hydrogen-bond donors (Lipinski definition) is 2. The van der Waals surface area contributed by atoms with Crippen LogP contribution < -0.4 is 10.9 Å². The molecule has 7 nitrogen and oxygen atoms in total. The van der Waals surface area contributed by atoms with E-state index in [-0.39, 0.29) is 11.8 Å². The second-order valence-corrected chi connectivity index (χ2v) is 7.13. The first kappa shape index (κ1) is 21.0. The number of aromatic nitrogens is 2. The summed E-state index contributed by atoms with van der Waals surface area (Å²) in [5.41, 5.74) is 3.21. The predicted molar refractivity (Wildman–Crippen MR) is 115 cm³/mol. The van der Waals surface area contributed by atoms with Gasteiger partial charge in [0.1, 0.15) is 6.54 Å². The van der Waals surface area contributed by atoms with Gasteiger partial charge in [-0.3, -0.25) is 19.4 Å². The van der Waals surface area contributed by atoms with Crippen molar-refractivity contribution in [1.29, 1.82) is 0 Å². The number of amides is 1. The van der Waals surface area contributed by atoms with Crippen LogP contribution in [-0.4, -0.2) is 26.5 Å². The van der Waals surface area contributed by atoms with Crippen LogP contribution in [0.3, 0.4) is 0 Å². The number of rotatable bonds is 7. The van der Waals surface area contributed by atoms with Crippen LogP contribution >= 0.6 is 0 Å². The van der Waals surface area contributed by atoms with E-state index in [1.54, 1.807) is 18.5 Å². The number of carboxylic acid groups (broad SMARTS) is 1. The number of carbonyl (C=O) groups is 2. The lowest BCUT2D eigenvalue weighted by molar-refractivity contribution is -0.137. The molecule has 1 atom stereocenters. The molecule has 0 aliphatic heterocycles. The molecule has 2 N–H and O–H groups in total. The van der Waals surface area contributed by atoms with Crippen LogP contribution in [0.15, 0.2) is 65.8 Å². The normalized spacial score (nSPS) is 11.7. The number of carbonyl (C=O) groups excluding carboxylic acids is 1. The summed E-state index contributed by atoms with van der Waals surface area (Å²) in [4.78, 5) is 39.8. The lowest BCUT2D eigenvalue weighted by atomic mass is 9.92. The highest BCUT2D eigenvalue weighted by Gasteiger charge is 2.14. The fourth-order valence-electron chi connectivity index (χ4n) is 3.08. The number of hydrogen-bond acceptors (Lipinski definition) is 4. The van der Waals surface area contributed by atoms with Gasteiger partial charge in [0, 0.05) is 35.8 Å². The van der Waals surface area contributed by atoms with Gasteiger partial charge in [-0.15, -0.1) is 0 Å². The summed E-state index contributed by atoms with van der Waals surface area (Å²) in [6, 6.07) is 12.2. The summed E-state index contributed by atoms with van der Waals surface area (Å²) in [6.45, 7) is 3.72. The van der Waals surface area contributed by atoms with Gasteiger partial charge < -0.3 is 15.0 Å². The third-order valence-electron chi connectivity index (χ3n) is 4.94. The van der Waals surface area contributed by atoms with E-state index >= 15 is 0 Å². The Bertz CT molecular complexity index is 1120. The molecular weight excluding hydrogens is 382 g/mol. The molecule has 2 aromatic heterocycles. The third-order valence-corrected chi connectivity index (χ3v) is 4.94. The third kappa shape index (κ3) is 5.00. The first-order chi connectivity index (χ1) is 14.4. The van der Waals surface area contributed by atoms with Gasteiger partial charge in [-0.05, 0) is 47.7 Å². The Morgan fingerprint density at radius 1 is 1.17 bits per heavy atom. The quantitative estimate of drug-likeness (QED) is 0.623. The number of nitrogens with zero attached hydrogens (tertiary/aromatic N) is 2. The molecule has 0 aliphatic rings. The predicted octanol–water partition coefficient (Wildman–Crippen LogP) is 3.76. The number of carboxylic acids is 1. The van der Waals surface area contributed by atoms with Crippen molar-refractivity contribution in [2.75, 3.05) is 5.32 Å². The molecule has 1 amide bonds. The average molecular weight is 405 g/mol. The summed E-state index contributed by atoms with van der Waals surface area (Å²) in [5.74, 6) is -1.21. The van der Waals surface area contributed by atoms with Crippen molar-refractivity contribution in [3.8, 4) is 11.1 Å². The van der Waals surface area contributed by atoms with Crippen molar-refractivity contribution < 1.29 is 14.7 Å². The topological polar surface area (TPSA) is 101 Å². The Hall–Kier alpha value is -3.74. The molecule has 2 heterocycles. The highest BCUT2D eigenvalue weighted by molar-refractivity contribution is 6.05. The van der Waals surface area contributed by atoms with Gasteiger partial charge in [0.05, 0.1) is 5.69 Å². The van der Waals surface area contributed by atoms with Crippen LogP contribution in [0, 0.1) is 0 Å². The van der Waals surface area contributed by atoms with Crippen LogP contribution in [-0.2, 0) is 11.3 Å². The van der Waals surface area contributed by atoms with Crippen molar-refractivity contribution in [1.82, 2.24) is 9.55 Å². The van der Waals surface area contributed by atoms with E-state index < -0.39 is 18.1 Å². The van der Waals surface area contributed by atoms with Gasteiger partial charge in [0.15, 0.2) is 0 Å². The molecule has 0 bridgehead atoms. The van der Waals surface area contributed by atoms with Gasteiger partial charge in [0.25, 0.3) is 11.5 Å².